The number of benzene rings is 1. The third kappa shape index (κ3) is 5.94. The van der Waals surface area contributed by atoms with Gasteiger partial charge in [-0.2, -0.15) is 0 Å². The summed E-state index contributed by atoms with van der Waals surface area (Å²) >= 11 is 0. The molecule has 5 heteroatoms. The minimum Gasteiger partial charge on any atom is -0.494 e. The summed E-state index contributed by atoms with van der Waals surface area (Å²) in [6, 6.07) is 7.85. The maximum absolute atomic E-state index is 11.6. The van der Waals surface area contributed by atoms with Crippen LogP contribution in [0.2, 0.25) is 0 Å². The van der Waals surface area contributed by atoms with Crippen molar-refractivity contribution in [2.45, 2.75) is 32.7 Å². The number of carbonyl (C=O) groups is 1. The van der Waals surface area contributed by atoms with Gasteiger partial charge in [-0.1, -0.05) is 18.2 Å². The van der Waals surface area contributed by atoms with E-state index in [1.807, 2.05) is 31.2 Å². The molecule has 108 valence electrons. The highest BCUT2D eigenvalue weighted by molar-refractivity contribution is 5.85. The van der Waals surface area contributed by atoms with E-state index >= 15 is 0 Å². The number of amides is 1. The lowest BCUT2D eigenvalue weighted by Crippen LogP contribution is -2.49. The van der Waals surface area contributed by atoms with Crippen LogP contribution in [0.25, 0.3) is 0 Å². The number of nitrogens with one attached hydrogen (secondary N) is 1. The van der Waals surface area contributed by atoms with Crippen LogP contribution in [-0.4, -0.2) is 24.6 Å². The third-order valence-corrected chi connectivity index (χ3v) is 2.54. The maximum atomic E-state index is 11.6. The zero-order chi connectivity index (χ0) is 13.6. The molecule has 1 aromatic rings. The first kappa shape index (κ1) is 17.7. The first-order chi connectivity index (χ1) is 8.45. The quantitative estimate of drug-likeness (QED) is 0.839. The normalized spacial score (nSPS) is 10.5. The first-order valence-corrected chi connectivity index (χ1v) is 6.23. The Kier molecular flexibility index (Phi) is 7.49. The molecule has 0 aliphatic heterocycles. The van der Waals surface area contributed by atoms with Crippen LogP contribution >= 0.6 is 12.4 Å². The van der Waals surface area contributed by atoms with Crippen molar-refractivity contribution >= 4 is 18.3 Å². The zero-order valence-electron chi connectivity index (χ0n) is 11.7. The highest BCUT2D eigenvalue weighted by Crippen LogP contribution is 2.18. The van der Waals surface area contributed by atoms with E-state index in [1.54, 1.807) is 13.8 Å². The van der Waals surface area contributed by atoms with Gasteiger partial charge in [-0.3, -0.25) is 4.79 Å². The number of hydrogen-bond donors (Lipinski definition) is 2. The standard InChI is InChI=1S/C14H22N2O2.ClH/c1-4-18-12-8-6-5-7-11(12)9-10-16-13(17)14(2,3)15;/h5-8H,4,9-10,15H2,1-3H3,(H,16,17);1H. The van der Waals surface area contributed by atoms with Crippen molar-refractivity contribution in [3.63, 3.8) is 0 Å². The van der Waals surface area contributed by atoms with Gasteiger partial charge in [0.25, 0.3) is 0 Å². The minimum atomic E-state index is -0.834. The van der Waals surface area contributed by atoms with Crippen LogP contribution in [0.15, 0.2) is 24.3 Å². The molecule has 0 spiro atoms. The molecule has 1 amide bonds. The monoisotopic (exact) mass is 286 g/mol. The average molecular weight is 287 g/mol. The van der Waals surface area contributed by atoms with E-state index in [0.717, 1.165) is 17.7 Å². The summed E-state index contributed by atoms with van der Waals surface area (Å²) in [6.45, 7) is 6.53. The maximum Gasteiger partial charge on any atom is 0.239 e. The van der Waals surface area contributed by atoms with Crippen molar-refractivity contribution in [1.29, 1.82) is 0 Å². The number of nitrogens with two attached hydrogens (primary N) is 1. The fourth-order valence-electron chi connectivity index (χ4n) is 1.55. The lowest BCUT2D eigenvalue weighted by molar-refractivity contribution is -0.125. The molecule has 0 heterocycles. The molecular weight excluding hydrogens is 264 g/mol. The summed E-state index contributed by atoms with van der Waals surface area (Å²) in [4.78, 5) is 11.6. The molecule has 1 aromatic carbocycles. The summed E-state index contributed by atoms with van der Waals surface area (Å²) in [5.74, 6) is 0.734. The minimum absolute atomic E-state index is 0. The molecule has 0 aromatic heterocycles. The first-order valence-electron chi connectivity index (χ1n) is 6.23. The molecule has 0 saturated carbocycles. The topological polar surface area (TPSA) is 64.3 Å². The van der Waals surface area contributed by atoms with Crippen molar-refractivity contribution in [2.24, 2.45) is 5.73 Å². The van der Waals surface area contributed by atoms with Gasteiger partial charge in [0.1, 0.15) is 5.75 Å². The fraction of sp³-hybridized carbons (Fsp3) is 0.500. The van der Waals surface area contributed by atoms with Crippen LogP contribution < -0.4 is 15.8 Å². The van der Waals surface area contributed by atoms with Crippen molar-refractivity contribution in [1.82, 2.24) is 5.32 Å². The van der Waals surface area contributed by atoms with E-state index in [2.05, 4.69) is 5.32 Å². The second-order valence-corrected chi connectivity index (χ2v) is 4.77. The predicted octanol–water partition coefficient (Wildman–Crippen LogP) is 1.90. The number of rotatable bonds is 6. The number of carbonyl (C=O) groups excluding carboxylic acids is 1. The third-order valence-electron chi connectivity index (χ3n) is 2.54. The molecule has 0 saturated heterocycles. The molecule has 0 atom stereocenters. The number of para-hydroxylation sites is 1. The largest absolute Gasteiger partial charge is 0.494 e. The smallest absolute Gasteiger partial charge is 0.239 e. The summed E-state index contributed by atoms with van der Waals surface area (Å²) in [7, 11) is 0. The van der Waals surface area contributed by atoms with Gasteiger partial charge in [0.05, 0.1) is 12.1 Å². The summed E-state index contributed by atoms with van der Waals surface area (Å²) < 4.78 is 5.52. The molecular formula is C14H23ClN2O2. The van der Waals surface area contributed by atoms with Crippen LogP contribution in [0, 0.1) is 0 Å². The predicted molar refractivity (Wildman–Crippen MR) is 79.8 cm³/mol. The Morgan fingerprint density at radius 1 is 1.37 bits per heavy atom. The van der Waals surface area contributed by atoms with Gasteiger partial charge >= 0.3 is 0 Å². The van der Waals surface area contributed by atoms with Crippen molar-refractivity contribution in [3.05, 3.63) is 29.8 Å². The van der Waals surface area contributed by atoms with Crippen molar-refractivity contribution in [3.8, 4) is 5.75 Å². The molecule has 0 fully saturated rings. The highest BCUT2D eigenvalue weighted by atomic mass is 35.5. The van der Waals surface area contributed by atoms with E-state index in [-0.39, 0.29) is 18.3 Å². The Labute approximate surface area is 121 Å². The van der Waals surface area contributed by atoms with Gasteiger partial charge in [0.2, 0.25) is 5.91 Å². The number of hydrogen-bond acceptors (Lipinski definition) is 3. The van der Waals surface area contributed by atoms with Crippen LogP contribution in [-0.2, 0) is 11.2 Å². The summed E-state index contributed by atoms with van der Waals surface area (Å²) in [5.41, 5.74) is 5.96. The Hall–Kier alpha value is -1.26. The molecule has 19 heavy (non-hydrogen) atoms. The van der Waals surface area contributed by atoms with Crippen molar-refractivity contribution in [2.75, 3.05) is 13.2 Å². The molecule has 0 aliphatic carbocycles. The van der Waals surface area contributed by atoms with Crippen LogP contribution in [0.4, 0.5) is 0 Å². The highest BCUT2D eigenvalue weighted by Gasteiger charge is 2.20. The lowest BCUT2D eigenvalue weighted by atomic mass is 10.1. The Morgan fingerprint density at radius 3 is 2.58 bits per heavy atom. The molecule has 0 radical (unpaired) electrons. The zero-order valence-corrected chi connectivity index (χ0v) is 12.5. The second kappa shape index (κ2) is 8.02. The van der Waals surface area contributed by atoms with Gasteiger partial charge in [-0.15, -0.1) is 12.4 Å². The van der Waals surface area contributed by atoms with E-state index < -0.39 is 5.54 Å². The number of ether oxygens (including phenoxy) is 1. The van der Waals surface area contributed by atoms with E-state index in [0.29, 0.717) is 13.2 Å². The Bertz CT molecular complexity index is 403. The molecule has 3 N–H and O–H groups in total. The average Bonchev–Trinajstić information content (AvgIpc) is 2.30. The van der Waals surface area contributed by atoms with Gasteiger partial charge in [0, 0.05) is 6.54 Å². The molecule has 0 bridgehead atoms. The molecule has 0 unspecified atom stereocenters. The van der Waals surface area contributed by atoms with Gasteiger partial charge in [0.15, 0.2) is 0 Å². The molecule has 0 aliphatic rings. The van der Waals surface area contributed by atoms with E-state index in [9.17, 15) is 4.79 Å². The van der Waals surface area contributed by atoms with E-state index in [1.165, 1.54) is 0 Å². The SMILES string of the molecule is CCOc1ccccc1CCNC(=O)C(C)(C)N.Cl. The van der Waals surface area contributed by atoms with Gasteiger partial charge in [-0.05, 0) is 38.8 Å². The lowest BCUT2D eigenvalue weighted by Gasteiger charge is -2.18. The second-order valence-electron chi connectivity index (χ2n) is 4.77. The van der Waals surface area contributed by atoms with Crippen LogP contribution in [0.3, 0.4) is 0 Å². The fourth-order valence-corrected chi connectivity index (χ4v) is 1.55. The van der Waals surface area contributed by atoms with E-state index in [4.69, 9.17) is 10.5 Å². The Morgan fingerprint density at radius 2 is 2.00 bits per heavy atom. The van der Waals surface area contributed by atoms with Crippen LogP contribution in [0.5, 0.6) is 5.75 Å². The summed E-state index contributed by atoms with van der Waals surface area (Å²) in [5, 5.41) is 2.82. The van der Waals surface area contributed by atoms with Gasteiger partial charge in [-0.25, -0.2) is 0 Å². The van der Waals surface area contributed by atoms with Crippen LogP contribution in [0.1, 0.15) is 26.3 Å². The molecule has 4 nitrogen and oxygen atoms in total. The van der Waals surface area contributed by atoms with Gasteiger partial charge < -0.3 is 15.8 Å². The molecule has 1 rings (SSSR count). The van der Waals surface area contributed by atoms with Crippen molar-refractivity contribution < 1.29 is 9.53 Å². The Balaban J connectivity index is 0.00000324. The number of halogens is 1. The summed E-state index contributed by atoms with van der Waals surface area (Å²) in [6.07, 6.45) is 0.734.